The van der Waals surface area contributed by atoms with Crippen molar-refractivity contribution in [1.82, 2.24) is 0 Å². The van der Waals surface area contributed by atoms with Crippen molar-refractivity contribution in [3.05, 3.63) is 34.9 Å². The summed E-state index contributed by atoms with van der Waals surface area (Å²) >= 11 is 6.25. The zero-order valence-corrected chi connectivity index (χ0v) is 11.9. The second kappa shape index (κ2) is 4.84. The van der Waals surface area contributed by atoms with E-state index in [9.17, 15) is 5.11 Å². The number of nitrogens with two attached hydrogens (primary N) is 1. The summed E-state index contributed by atoms with van der Waals surface area (Å²) in [7, 11) is 0. The second-order valence-corrected chi connectivity index (χ2v) is 6.67. The van der Waals surface area contributed by atoms with Crippen molar-refractivity contribution >= 4 is 11.6 Å². The Hall–Kier alpha value is -0.570. The second-order valence-electron chi connectivity index (χ2n) is 6.26. The number of aliphatic hydroxyl groups excluding tert-OH is 1. The first-order chi connectivity index (χ1) is 8.35. The van der Waals surface area contributed by atoms with E-state index in [4.69, 9.17) is 17.3 Å². The van der Waals surface area contributed by atoms with Gasteiger partial charge in [-0.25, -0.2) is 0 Å². The van der Waals surface area contributed by atoms with E-state index in [-0.39, 0.29) is 5.41 Å². The molecule has 2 atom stereocenters. The molecule has 0 heterocycles. The van der Waals surface area contributed by atoms with Crippen molar-refractivity contribution in [2.24, 2.45) is 11.1 Å². The summed E-state index contributed by atoms with van der Waals surface area (Å²) in [6.45, 7) is 4.38. The van der Waals surface area contributed by atoms with Gasteiger partial charge < -0.3 is 10.8 Å². The Balaban J connectivity index is 2.38. The van der Waals surface area contributed by atoms with Gasteiger partial charge in [0, 0.05) is 5.02 Å². The van der Waals surface area contributed by atoms with Crippen LogP contribution in [0.2, 0.25) is 5.02 Å². The van der Waals surface area contributed by atoms with Gasteiger partial charge in [0.15, 0.2) is 0 Å². The summed E-state index contributed by atoms with van der Waals surface area (Å²) in [5.41, 5.74) is 6.81. The molecule has 0 spiro atoms. The van der Waals surface area contributed by atoms with Crippen molar-refractivity contribution in [1.29, 1.82) is 0 Å². The normalized spacial score (nSPS) is 31.9. The molecule has 18 heavy (non-hydrogen) atoms. The third kappa shape index (κ3) is 2.56. The summed E-state index contributed by atoms with van der Waals surface area (Å²) < 4.78 is 0. The Morgan fingerprint density at radius 1 is 1.28 bits per heavy atom. The highest BCUT2D eigenvalue weighted by molar-refractivity contribution is 6.31. The molecule has 0 saturated heterocycles. The molecule has 2 unspecified atom stereocenters. The lowest BCUT2D eigenvalue weighted by atomic mass is 9.78. The van der Waals surface area contributed by atoms with Crippen molar-refractivity contribution in [2.45, 2.75) is 51.2 Å². The summed E-state index contributed by atoms with van der Waals surface area (Å²) in [4.78, 5) is 0. The highest BCUT2D eigenvalue weighted by Crippen LogP contribution is 2.43. The van der Waals surface area contributed by atoms with Crippen LogP contribution in [0.25, 0.3) is 0 Å². The lowest BCUT2D eigenvalue weighted by Crippen LogP contribution is -2.48. The van der Waals surface area contributed by atoms with Crippen LogP contribution in [0.3, 0.4) is 0 Å². The maximum Gasteiger partial charge on any atom is 0.0767 e. The fourth-order valence-electron chi connectivity index (χ4n) is 2.99. The summed E-state index contributed by atoms with van der Waals surface area (Å²) in [6, 6.07) is 7.60. The highest BCUT2D eigenvalue weighted by Gasteiger charge is 2.42. The third-order valence-electron chi connectivity index (χ3n) is 4.16. The SMILES string of the molecule is CC1(C)CCCC(N)(c2ccccc2Cl)C(O)C1. The Labute approximate surface area is 114 Å². The van der Waals surface area contributed by atoms with E-state index < -0.39 is 11.6 Å². The minimum atomic E-state index is -0.716. The Bertz CT molecular complexity index is 432. The fraction of sp³-hybridized carbons (Fsp3) is 0.600. The molecule has 1 aliphatic rings. The molecular weight excluding hydrogens is 246 g/mol. The van der Waals surface area contributed by atoms with E-state index in [2.05, 4.69) is 13.8 Å². The van der Waals surface area contributed by atoms with Gasteiger partial charge in [0.1, 0.15) is 0 Å². The number of aliphatic hydroxyl groups is 1. The van der Waals surface area contributed by atoms with Crippen molar-refractivity contribution < 1.29 is 5.11 Å². The average molecular weight is 268 g/mol. The van der Waals surface area contributed by atoms with Gasteiger partial charge in [0.2, 0.25) is 0 Å². The van der Waals surface area contributed by atoms with E-state index in [1.165, 1.54) is 0 Å². The predicted molar refractivity (Wildman–Crippen MR) is 75.6 cm³/mol. The minimum absolute atomic E-state index is 0.141. The highest BCUT2D eigenvalue weighted by atomic mass is 35.5. The first-order valence-electron chi connectivity index (χ1n) is 6.57. The molecule has 2 nitrogen and oxygen atoms in total. The van der Waals surface area contributed by atoms with E-state index in [1.807, 2.05) is 24.3 Å². The number of hydrogen-bond donors (Lipinski definition) is 2. The molecular formula is C15H22ClNO. The zero-order valence-electron chi connectivity index (χ0n) is 11.1. The number of halogens is 1. The van der Waals surface area contributed by atoms with Crippen molar-refractivity contribution in [3.63, 3.8) is 0 Å². The molecule has 0 aliphatic heterocycles. The predicted octanol–water partition coefficient (Wildman–Crippen LogP) is 3.46. The van der Waals surface area contributed by atoms with Crippen LogP contribution in [0.4, 0.5) is 0 Å². The van der Waals surface area contributed by atoms with Gasteiger partial charge in [0.25, 0.3) is 0 Å². The molecule has 3 N–H and O–H groups in total. The third-order valence-corrected chi connectivity index (χ3v) is 4.49. The molecule has 2 rings (SSSR count). The van der Waals surface area contributed by atoms with E-state index in [0.29, 0.717) is 11.4 Å². The molecule has 1 aromatic carbocycles. The van der Waals surface area contributed by atoms with Crippen LogP contribution in [0.15, 0.2) is 24.3 Å². The van der Waals surface area contributed by atoms with Crippen molar-refractivity contribution in [2.75, 3.05) is 0 Å². The first-order valence-corrected chi connectivity index (χ1v) is 6.95. The first kappa shape index (κ1) is 13.9. The van der Waals surface area contributed by atoms with E-state index in [0.717, 1.165) is 24.8 Å². The molecule has 1 fully saturated rings. The zero-order chi connectivity index (χ0) is 13.4. The lowest BCUT2D eigenvalue weighted by Gasteiger charge is -2.35. The average Bonchev–Trinajstić information content (AvgIpc) is 2.37. The van der Waals surface area contributed by atoms with Gasteiger partial charge in [-0.05, 0) is 36.3 Å². The quantitative estimate of drug-likeness (QED) is 0.766. The maximum atomic E-state index is 10.5. The molecule has 0 aromatic heterocycles. The number of benzene rings is 1. The smallest absolute Gasteiger partial charge is 0.0767 e. The van der Waals surface area contributed by atoms with E-state index >= 15 is 0 Å². The van der Waals surface area contributed by atoms with Crippen LogP contribution in [0, 0.1) is 5.41 Å². The van der Waals surface area contributed by atoms with Gasteiger partial charge in [0.05, 0.1) is 11.6 Å². The molecule has 1 saturated carbocycles. The van der Waals surface area contributed by atoms with Crippen LogP contribution in [0.5, 0.6) is 0 Å². The van der Waals surface area contributed by atoms with Gasteiger partial charge >= 0.3 is 0 Å². The van der Waals surface area contributed by atoms with Crippen LogP contribution in [0.1, 0.15) is 45.1 Å². The van der Waals surface area contributed by atoms with Crippen LogP contribution < -0.4 is 5.73 Å². The van der Waals surface area contributed by atoms with Gasteiger partial charge in [-0.15, -0.1) is 0 Å². The van der Waals surface area contributed by atoms with Crippen LogP contribution >= 0.6 is 11.6 Å². The minimum Gasteiger partial charge on any atom is -0.391 e. The Morgan fingerprint density at radius 3 is 2.61 bits per heavy atom. The van der Waals surface area contributed by atoms with E-state index in [1.54, 1.807) is 0 Å². The fourth-order valence-corrected chi connectivity index (χ4v) is 3.30. The molecule has 100 valence electrons. The number of rotatable bonds is 1. The topological polar surface area (TPSA) is 46.2 Å². The summed E-state index contributed by atoms with van der Waals surface area (Å²) in [5.74, 6) is 0. The molecule has 3 heteroatoms. The van der Waals surface area contributed by atoms with Crippen molar-refractivity contribution in [3.8, 4) is 0 Å². The summed E-state index contributed by atoms with van der Waals surface area (Å²) in [6.07, 6.45) is 3.06. The van der Waals surface area contributed by atoms with Crippen LogP contribution in [-0.2, 0) is 5.54 Å². The van der Waals surface area contributed by atoms with Gasteiger partial charge in [-0.3, -0.25) is 0 Å². The molecule has 0 radical (unpaired) electrons. The Morgan fingerprint density at radius 2 is 1.94 bits per heavy atom. The van der Waals surface area contributed by atoms with Gasteiger partial charge in [-0.1, -0.05) is 50.1 Å². The molecule has 0 amide bonds. The lowest BCUT2D eigenvalue weighted by molar-refractivity contribution is 0.0525. The maximum absolute atomic E-state index is 10.5. The standard InChI is InChI=1S/C15H22ClNO/c1-14(2)8-5-9-15(17,13(18)10-14)11-6-3-4-7-12(11)16/h3-4,6-7,13,18H,5,8-10,17H2,1-2H3. The van der Waals surface area contributed by atoms with Gasteiger partial charge in [-0.2, -0.15) is 0 Å². The van der Waals surface area contributed by atoms with Crippen LogP contribution in [-0.4, -0.2) is 11.2 Å². The number of hydrogen-bond acceptors (Lipinski definition) is 2. The molecule has 1 aromatic rings. The summed E-state index contributed by atoms with van der Waals surface area (Å²) in [5, 5.41) is 11.2. The molecule has 0 bridgehead atoms. The largest absolute Gasteiger partial charge is 0.391 e. The Kier molecular flexibility index (Phi) is 3.72. The monoisotopic (exact) mass is 267 g/mol. The molecule has 1 aliphatic carbocycles.